The van der Waals surface area contributed by atoms with Gasteiger partial charge in [0.15, 0.2) is 0 Å². The quantitative estimate of drug-likeness (QED) is 0.327. The van der Waals surface area contributed by atoms with E-state index in [-0.39, 0.29) is 31.1 Å². The molecule has 0 unspecified atom stereocenters. The van der Waals surface area contributed by atoms with Crippen molar-refractivity contribution in [3.8, 4) is 6.01 Å². The number of nitrogen functional groups attached to an aromatic ring is 1. The highest BCUT2D eigenvalue weighted by molar-refractivity contribution is 5.34. The van der Waals surface area contributed by atoms with Gasteiger partial charge < -0.3 is 14.8 Å². The van der Waals surface area contributed by atoms with Gasteiger partial charge in [0.05, 0.1) is 13.2 Å². The zero-order valence-electron chi connectivity index (χ0n) is 11.1. The van der Waals surface area contributed by atoms with Crippen LogP contribution in [0.25, 0.3) is 0 Å². The number of hydrogen-bond donors (Lipinski definition) is 3. The molecule has 0 radical (unpaired) electrons. The summed E-state index contributed by atoms with van der Waals surface area (Å²) in [5, 5.41) is 2.80. The molecular weight excluding hydrogens is 274 g/mol. The van der Waals surface area contributed by atoms with Crippen molar-refractivity contribution >= 4 is 11.9 Å². The van der Waals surface area contributed by atoms with Gasteiger partial charge in [0.1, 0.15) is 6.61 Å². The molecule has 0 aromatic carbocycles. The van der Waals surface area contributed by atoms with Crippen LogP contribution >= 0.6 is 0 Å². The smallest absolute Gasteiger partial charge is 0.323 e. The Bertz CT molecular complexity index is 396. The minimum atomic E-state index is -2.48. The molecule has 20 heavy (non-hydrogen) atoms. The van der Waals surface area contributed by atoms with E-state index in [1.54, 1.807) is 0 Å². The number of nitrogens with one attached hydrogen (secondary N) is 2. The fourth-order valence-corrected chi connectivity index (χ4v) is 1.17. The van der Waals surface area contributed by atoms with Gasteiger partial charge in [-0.1, -0.05) is 6.92 Å². The highest BCUT2D eigenvalue weighted by Gasteiger charge is 2.07. The fourth-order valence-electron chi connectivity index (χ4n) is 1.17. The fraction of sp³-hybridized carbons (Fsp3) is 0.700. The van der Waals surface area contributed by atoms with Gasteiger partial charge in [-0.2, -0.15) is 15.0 Å². The van der Waals surface area contributed by atoms with E-state index < -0.39 is 13.0 Å². The van der Waals surface area contributed by atoms with Crippen LogP contribution in [0.1, 0.15) is 13.3 Å². The number of hydrogen-bond acceptors (Lipinski definition) is 8. The number of aromatic nitrogens is 3. The summed E-state index contributed by atoms with van der Waals surface area (Å²) in [5.74, 6) is 5.59. The lowest BCUT2D eigenvalue weighted by Crippen LogP contribution is -2.17. The number of alkyl halides is 2. The highest BCUT2D eigenvalue weighted by atomic mass is 19.3. The topological polar surface area (TPSA) is 107 Å². The van der Waals surface area contributed by atoms with Crippen molar-refractivity contribution in [2.24, 2.45) is 5.84 Å². The van der Waals surface area contributed by atoms with Gasteiger partial charge in [-0.15, -0.1) is 0 Å². The van der Waals surface area contributed by atoms with Crippen LogP contribution in [0.4, 0.5) is 20.7 Å². The molecule has 114 valence electrons. The lowest BCUT2D eigenvalue weighted by molar-refractivity contribution is 0.0214. The largest absolute Gasteiger partial charge is 0.463 e. The molecule has 10 heteroatoms. The van der Waals surface area contributed by atoms with Gasteiger partial charge in [0, 0.05) is 6.54 Å². The Labute approximate surface area is 115 Å². The van der Waals surface area contributed by atoms with Crippen LogP contribution in [-0.4, -0.2) is 47.7 Å². The van der Waals surface area contributed by atoms with E-state index in [0.717, 1.165) is 6.42 Å². The molecule has 0 amide bonds. The van der Waals surface area contributed by atoms with E-state index in [1.165, 1.54) is 0 Å². The van der Waals surface area contributed by atoms with Crippen LogP contribution in [0.2, 0.25) is 0 Å². The van der Waals surface area contributed by atoms with E-state index in [4.69, 9.17) is 15.3 Å². The van der Waals surface area contributed by atoms with Crippen molar-refractivity contribution < 1.29 is 18.3 Å². The van der Waals surface area contributed by atoms with Crippen molar-refractivity contribution in [1.29, 1.82) is 0 Å². The van der Waals surface area contributed by atoms with Crippen molar-refractivity contribution in [3.63, 3.8) is 0 Å². The summed E-state index contributed by atoms with van der Waals surface area (Å²) in [6.07, 6.45) is -1.67. The average Bonchev–Trinajstić information content (AvgIpc) is 2.44. The molecule has 0 aliphatic rings. The molecule has 0 spiro atoms. The van der Waals surface area contributed by atoms with Crippen LogP contribution in [-0.2, 0) is 4.74 Å². The molecule has 1 aromatic heterocycles. The zero-order valence-corrected chi connectivity index (χ0v) is 11.1. The number of hydrazine groups is 1. The molecule has 1 rings (SSSR count). The van der Waals surface area contributed by atoms with Gasteiger partial charge in [-0.25, -0.2) is 14.6 Å². The number of anilines is 2. The summed E-state index contributed by atoms with van der Waals surface area (Å²) in [6.45, 7) is 2.19. The van der Waals surface area contributed by atoms with E-state index in [1.807, 2.05) is 6.92 Å². The Morgan fingerprint density at radius 2 is 1.95 bits per heavy atom. The second kappa shape index (κ2) is 9.15. The van der Waals surface area contributed by atoms with Gasteiger partial charge in [0.25, 0.3) is 6.43 Å². The molecule has 0 saturated heterocycles. The van der Waals surface area contributed by atoms with E-state index in [2.05, 4.69) is 25.7 Å². The Kier molecular flexibility index (Phi) is 7.43. The maximum Gasteiger partial charge on any atom is 0.323 e. The van der Waals surface area contributed by atoms with Crippen LogP contribution < -0.4 is 21.3 Å². The van der Waals surface area contributed by atoms with Crippen molar-refractivity contribution in [2.45, 2.75) is 19.8 Å². The van der Waals surface area contributed by atoms with E-state index in [9.17, 15) is 8.78 Å². The lowest BCUT2D eigenvalue weighted by atomic mass is 10.5. The Balaban J connectivity index is 2.46. The summed E-state index contributed by atoms with van der Waals surface area (Å²) in [6, 6.07) is 0.130. The molecule has 1 heterocycles. The lowest BCUT2D eigenvalue weighted by Gasteiger charge is -2.09. The average molecular weight is 292 g/mol. The molecular formula is C10H18F2N6O2. The first-order chi connectivity index (χ1) is 9.65. The zero-order chi connectivity index (χ0) is 14.8. The predicted octanol–water partition coefficient (Wildman–Crippen LogP) is 0.640. The number of nitrogens with two attached hydrogens (primary N) is 1. The highest BCUT2D eigenvalue weighted by Crippen LogP contribution is 2.10. The summed E-state index contributed by atoms with van der Waals surface area (Å²) >= 11 is 0. The van der Waals surface area contributed by atoms with Gasteiger partial charge >= 0.3 is 6.01 Å². The van der Waals surface area contributed by atoms with Crippen LogP contribution in [0.5, 0.6) is 6.01 Å². The number of rotatable bonds is 10. The van der Waals surface area contributed by atoms with E-state index in [0.29, 0.717) is 6.61 Å². The van der Waals surface area contributed by atoms with Gasteiger partial charge in [-0.3, -0.25) is 5.43 Å². The Morgan fingerprint density at radius 1 is 1.20 bits per heavy atom. The molecule has 0 saturated carbocycles. The molecule has 0 aliphatic carbocycles. The molecule has 0 fully saturated rings. The molecule has 1 aromatic rings. The first kappa shape index (κ1) is 16.2. The van der Waals surface area contributed by atoms with Crippen LogP contribution in [0.15, 0.2) is 0 Å². The minimum Gasteiger partial charge on any atom is -0.463 e. The number of ether oxygens (including phenoxy) is 2. The molecule has 0 atom stereocenters. The van der Waals surface area contributed by atoms with Crippen molar-refractivity contribution in [1.82, 2.24) is 15.0 Å². The normalized spacial score (nSPS) is 10.7. The molecule has 8 nitrogen and oxygen atoms in total. The summed E-state index contributed by atoms with van der Waals surface area (Å²) in [5.41, 5.74) is 2.29. The minimum absolute atomic E-state index is 0.104. The number of nitrogens with zero attached hydrogens (tertiary/aromatic N) is 3. The van der Waals surface area contributed by atoms with Crippen molar-refractivity contribution in [3.05, 3.63) is 0 Å². The second-order valence-corrected chi connectivity index (χ2v) is 3.65. The molecule has 0 bridgehead atoms. The summed E-state index contributed by atoms with van der Waals surface area (Å²) < 4.78 is 33.7. The third kappa shape index (κ3) is 6.38. The Morgan fingerprint density at radius 3 is 2.60 bits per heavy atom. The maximum atomic E-state index is 11.8. The van der Waals surface area contributed by atoms with Gasteiger partial charge in [0.2, 0.25) is 11.9 Å². The number of halogens is 2. The third-order valence-electron chi connectivity index (χ3n) is 1.95. The third-order valence-corrected chi connectivity index (χ3v) is 1.95. The SMILES string of the molecule is CCCOc1nc(NN)nc(NCCOCC(F)F)n1. The van der Waals surface area contributed by atoms with Crippen LogP contribution in [0, 0.1) is 0 Å². The first-order valence-corrected chi connectivity index (χ1v) is 6.11. The summed E-state index contributed by atoms with van der Waals surface area (Å²) in [7, 11) is 0. The van der Waals surface area contributed by atoms with Crippen LogP contribution in [0.3, 0.4) is 0 Å². The predicted molar refractivity (Wildman–Crippen MR) is 68.7 cm³/mol. The molecule has 0 aliphatic heterocycles. The van der Waals surface area contributed by atoms with Gasteiger partial charge in [-0.05, 0) is 6.42 Å². The van der Waals surface area contributed by atoms with E-state index >= 15 is 0 Å². The van der Waals surface area contributed by atoms with Crippen molar-refractivity contribution in [2.75, 3.05) is 37.1 Å². The second-order valence-electron chi connectivity index (χ2n) is 3.65. The Hall–Kier alpha value is -1.81. The molecule has 4 N–H and O–H groups in total. The standard InChI is InChI=1S/C10H18F2N6O2/c1-2-4-20-10-16-8(15-9(17-10)18-13)14-3-5-19-6-7(11)12/h7H,2-6,13H2,1H3,(H2,14,15,16,17,18). The first-order valence-electron chi connectivity index (χ1n) is 6.11. The maximum absolute atomic E-state index is 11.8. The summed E-state index contributed by atoms with van der Waals surface area (Å²) in [4.78, 5) is 11.8. The monoisotopic (exact) mass is 292 g/mol.